The number of nitrogens with one attached hydrogen (secondary N) is 1. The van der Waals surface area contributed by atoms with Crippen LogP contribution in [0, 0.1) is 18.8 Å². The minimum atomic E-state index is -0.520. The smallest absolute Gasteiger partial charge is 0.410 e. The number of nitrogens with zero attached hydrogens (tertiary/aromatic N) is 2. The molecule has 2 heterocycles. The summed E-state index contributed by atoms with van der Waals surface area (Å²) < 4.78 is 11.7. The maximum absolute atomic E-state index is 13.3. The van der Waals surface area contributed by atoms with Crippen molar-refractivity contribution in [3.63, 3.8) is 0 Å². The molecule has 1 saturated carbocycles. The molecule has 0 atom stereocenters. The summed E-state index contributed by atoms with van der Waals surface area (Å²) in [5, 5.41) is 4.30. The van der Waals surface area contributed by atoms with E-state index in [1.807, 2.05) is 52.0 Å². The normalized spacial score (nSPS) is 15.8. The maximum Gasteiger partial charge on any atom is 0.410 e. The number of ether oxygens (including phenoxy) is 2. The molecule has 2 amide bonds. The van der Waals surface area contributed by atoms with Gasteiger partial charge in [0.1, 0.15) is 22.9 Å². The molecule has 2 fully saturated rings. The van der Waals surface area contributed by atoms with E-state index < -0.39 is 5.60 Å². The van der Waals surface area contributed by atoms with Crippen LogP contribution in [0.4, 0.5) is 4.79 Å². The summed E-state index contributed by atoms with van der Waals surface area (Å²) in [4.78, 5) is 44.2. The zero-order chi connectivity index (χ0) is 30.7. The van der Waals surface area contributed by atoms with Crippen molar-refractivity contribution in [3.8, 4) is 11.5 Å². The van der Waals surface area contributed by atoms with E-state index in [0.717, 1.165) is 42.3 Å². The molecule has 1 aliphatic heterocycles. The second-order valence-electron chi connectivity index (χ2n) is 12.8. The number of likely N-dealkylation sites (tertiary alicyclic amines) is 1. The number of aromatic nitrogens is 1. The Kier molecular flexibility index (Phi) is 9.25. The topological polar surface area (TPSA) is 97.8 Å². The summed E-state index contributed by atoms with van der Waals surface area (Å²) in [6.45, 7) is 9.23. The number of hydrogen-bond donors (Lipinski definition) is 1. The molecule has 8 nitrogen and oxygen atoms in total. The fourth-order valence-electron chi connectivity index (χ4n) is 5.37. The van der Waals surface area contributed by atoms with E-state index in [1.54, 1.807) is 23.2 Å². The Balaban J connectivity index is 1.22. The van der Waals surface area contributed by atoms with Gasteiger partial charge in [-0.25, -0.2) is 4.79 Å². The third-order valence-electron chi connectivity index (χ3n) is 7.96. The molecule has 0 spiro atoms. The van der Waals surface area contributed by atoms with Crippen molar-refractivity contribution in [2.24, 2.45) is 11.8 Å². The zero-order valence-corrected chi connectivity index (χ0v) is 26.1. The highest BCUT2D eigenvalue weighted by molar-refractivity contribution is 6.31. The third kappa shape index (κ3) is 8.25. The fraction of sp³-hybridized carbons (Fsp3) is 0.471. The molecule has 3 aromatic rings. The molecule has 0 unspecified atom stereocenters. The molecule has 9 heteroatoms. The number of ketones is 1. The Labute approximate surface area is 258 Å². The van der Waals surface area contributed by atoms with Crippen LogP contribution in [0.5, 0.6) is 11.5 Å². The second-order valence-corrected chi connectivity index (χ2v) is 13.2. The standard InChI is InChI=1S/C34H40ClN3O5/c1-21-15-30-28(19-27(21)32(40)37-20-23-10-13-38(14-11-23)33(41)43-34(2,3)4)31(9-12-36-30)42-26-8-7-24(29(35)18-26)17-25(39)16-22-5-6-22/h7-9,12,15,18-19,22-23H,5-6,10-11,13-14,16-17,20H2,1-4H3,(H,37,40). The maximum atomic E-state index is 13.3. The summed E-state index contributed by atoms with van der Waals surface area (Å²) in [7, 11) is 0. The first-order valence-corrected chi connectivity index (χ1v) is 15.5. The predicted molar refractivity (Wildman–Crippen MR) is 167 cm³/mol. The van der Waals surface area contributed by atoms with Crippen LogP contribution in [0.2, 0.25) is 5.02 Å². The molecular weight excluding hydrogens is 566 g/mol. The van der Waals surface area contributed by atoms with Crippen LogP contribution < -0.4 is 10.1 Å². The molecule has 1 aliphatic carbocycles. The number of pyridine rings is 1. The molecule has 0 radical (unpaired) electrons. The lowest BCUT2D eigenvalue weighted by Crippen LogP contribution is -2.43. The largest absolute Gasteiger partial charge is 0.457 e. The lowest BCUT2D eigenvalue weighted by atomic mass is 9.96. The number of fused-ring (bicyclic) bond motifs is 1. The van der Waals surface area contributed by atoms with Crippen molar-refractivity contribution < 1.29 is 23.9 Å². The van der Waals surface area contributed by atoms with Crippen molar-refractivity contribution in [1.29, 1.82) is 0 Å². The molecule has 43 heavy (non-hydrogen) atoms. The molecule has 2 aromatic carbocycles. The van der Waals surface area contributed by atoms with Crippen LogP contribution in [-0.4, -0.2) is 52.9 Å². The van der Waals surface area contributed by atoms with Gasteiger partial charge in [-0.05, 0) is 107 Å². The van der Waals surface area contributed by atoms with E-state index in [2.05, 4.69) is 10.3 Å². The van der Waals surface area contributed by atoms with Gasteiger partial charge in [0, 0.05) is 54.6 Å². The van der Waals surface area contributed by atoms with E-state index in [1.165, 1.54) is 0 Å². The number of carbonyl (C=O) groups excluding carboxylic acids is 3. The van der Waals surface area contributed by atoms with Crippen LogP contribution >= 0.6 is 11.6 Å². The van der Waals surface area contributed by atoms with Crippen molar-refractivity contribution in [2.45, 2.75) is 71.8 Å². The van der Waals surface area contributed by atoms with E-state index in [-0.39, 0.29) is 23.7 Å². The monoisotopic (exact) mass is 605 g/mol. The summed E-state index contributed by atoms with van der Waals surface area (Å²) in [5.74, 6) is 1.98. The van der Waals surface area contributed by atoms with Gasteiger partial charge in [-0.2, -0.15) is 0 Å². The van der Waals surface area contributed by atoms with Crippen LogP contribution in [0.25, 0.3) is 10.9 Å². The molecule has 228 valence electrons. The van der Waals surface area contributed by atoms with Gasteiger partial charge in [0.2, 0.25) is 0 Å². The Morgan fingerprint density at radius 2 is 1.77 bits per heavy atom. The Hall–Kier alpha value is -3.65. The van der Waals surface area contributed by atoms with E-state index >= 15 is 0 Å². The van der Waals surface area contributed by atoms with E-state index in [4.69, 9.17) is 21.1 Å². The van der Waals surface area contributed by atoms with Gasteiger partial charge in [0.15, 0.2) is 0 Å². The van der Waals surface area contributed by atoms with Crippen LogP contribution in [0.15, 0.2) is 42.6 Å². The summed E-state index contributed by atoms with van der Waals surface area (Å²) in [6.07, 6.45) is 6.23. The van der Waals surface area contributed by atoms with E-state index in [0.29, 0.717) is 65.9 Å². The number of benzene rings is 2. The molecule has 1 N–H and O–H groups in total. The highest BCUT2D eigenvalue weighted by Crippen LogP contribution is 2.35. The van der Waals surface area contributed by atoms with Gasteiger partial charge in [0.25, 0.3) is 5.91 Å². The van der Waals surface area contributed by atoms with Crippen molar-refractivity contribution >= 4 is 40.3 Å². The van der Waals surface area contributed by atoms with Gasteiger partial charge in [0.05, 0.1) is 5.52 Å². The highest BCUT2D eigenvalue weighted by atomic mass is 35.5. The quantitative estimate of drug-likeness (QED) is 0.275. The average Bonchev–Trinajstić information content (AvgIpc) is 3.76. The number of piperidine rings is 1. The van der Waals surface area contributed by atoms with Gasteiger partial charge < -0.3 is 19.7 Å². The summed E-state index contributed by atoms with van der Waals surface area (Å²) in [6, 6.07) is 10.8. The minimum Gasteiger partial charge on any atom is -0.457 e. The molecular formula is C34H40ClN3O5. The predicted octanol–water partition coefficient (Wildman–Crippen LogP) is 7.28. The number of Topliss-reactive ketones (excluding diaryl/α,β-unsaturated/α-hetero) is 1. The first-order valence-electron chi connectivity index (χ1n) is 15.1. The number of hydrogen-bond acceptors (Lipinski definition) is 6. The Morgan fingerprint density at radius 3 is 2.44 bits per heavy atom. The fourth-order valence-corrected chi connectivity index (χ4v) is 5.61. The van der Waals surface area contributed by atoms with Gasteiger partial charge in [-0.3, -0.25) is 14.6 Å². The second kappa shape index (κ2) is 12.9. The number of halogens is 1. The first-order chi connectivity index (χ1) is 20.4. The minimum absolute atomic E-state index is 0.160. The van der Waals surface area contributed by atoms with Crippen molar-refractivity contribution in [1.82, 2.24) is 15.2 Å². The number of amides is 2. The molecule has 1 aromatic heterocycles. The number of rotatable bonds is 9. The third-order valence-corrected chi connectivity index (χ3v) is 8.31. The van der Waals surface area contributed by atoms with Gasteiger partial charge in [-0.15, -0.1) is 0 Å². The van der Waals surface area contributed by atoms with Gasteiger partial charge >= 0.3 is 6.09 Å². The molecule has 5 rings (SSSR count). The Bertz CT molecular complexity index is 1520. The first kappa shape index (κ1) is 30.8. The van der Waals surface area contributed by atoms with Crippen molar-refractivity contribution in [2.75, 3.05) is 19.6 Å². The van der Waals surface area contributed by atoms with E-state index in [9.17, 15) is 14.4 Å². The van der Waals surface area contributed by atoms with Crippen LogP contribution in [-0.2, 0) is 16.0 Å². The van der Waals surface area contributed by atoms with Crippen LogP contribution in [0.1, 0.15) is 74.4 Å². The average molecular weight is 606 g/mol. The number of aryl methyl sites for hydroxylation is 1. The van der Waals surface area contributed by atoms with Crippen molar-refractivity contribution in [3.05, 3.63) is 64.3 Å². The summed E-state index contributed by atoms with van der Waals surface area (Å²) in [5.41, 5.74) is 2.36. The molecule has 0 bridgehead atoms. The highest BCUT2D eigenvalue weighted by Gasteiger charge is 2.27. The lowest BCUT2D eigenvalue weighted by Gasteiger charge is -2.33. The number of carbonyl (C=O) groups is 3. The lowest BCUT2D eigenvalue weighted by molar-refractivity contribution is -0.118. The van der Waals surface area contributed by atoms with Gasteiger partial charge in [-0.1, -0.05) is 17.7 Å². The molecule has 1 saturated heterocycles. The summed E-state index contributed by atoms with van der Waals surface area (Å²) >= 11 is 6.52. The zero-order valence-electron chi connectivity index (χ0n) is 25.4. The molecule has 2 aliphatic rings. The Morgan fingerprint density at radius 1 is 1.02 bits per heavy atom. The van der Waals surface area contributed by atoms with Crippen LogP contribution in [0.3, 0.4) is 0 Å². The SMILES string of the molecule is Cc1cc2nccc(Oc3ccc(CC(=O)CC4CC4)c(Cl)c3)c2cc1C(=O)NCC1CCN(C(=O)OC(C)(C)C)CC1.